The van der Waals surface area contributed by atoms with Gasteiger partial charge in [-0.1, -0.05) is 0 Å². The minimum absolute atomic E-state index is 0.0213. The van der Waals surface area contributed by atoms with Crippen molar-refractivity contribution in [3.05, 3.63) is 12.4 Å². The summed E-state index contributed by atoms with van der Waals surface area (Å²) in [7, 11) is 1.66. The van der Waals surface area contributed by atoms with Crippen LogP contribution in [-0.4, -0.2) is 39.6 Å². The standard InChI is InChI=1S/C12H18N4O2/c1-8(2)16-7-9(6-13-16)14-12(18)10-4-5-11(17)15(10)3/h6-8,10H,4-5H2,1-3H3,(H,14,18)/t10-/m0/s1. The zero-order chi connectivity index (χ0) is 13.3. The van der Waals surface area contributed by atoms with Crippen LogP contribution < -0.4 is 5.32 Å². The molecule has 1 fully saturated rings. The molecule has 0 radical (unpaired) electrons. The highest BCUT2D eigenvalue weighted by molar-refractivity contribution is 5.98. The van der Waals surface area contributed by atoms with Crippen molar-refractivity contribution in [2.24, 2.45) is 0 Å². The molecule has 0 saturated carbocycles. The zero-order valence-corrected chi connectivity index (χ0v) is 10.9. The molecule has 2 heterocycles. The molecule has 0 spiro atoms. The van der Waals surface area contributed by atoms with Crippen molar-refractivity contribution in [3.8, 4) is 0 Å². The van der Waals surface area contributed by atoms with Crippen LogP contribution in [0.1, 0.15) is 32.7 Å². The molecule has 0 bridgehead atoms. The predicted molar refractivity (Wildman–Crippen MR) is 67.0 cm³/mol. The van der Waals surface area contributed by atoms with Crippen LogP contribution in [0.15, 0.2) is 12.4 Å². The molecule has 1 aliphatic rings. The lowest BCUT2D eigenvalue weighted by molar-refractivity contribution is -0.131. The highest BCUT2D eigenvalue weighted by atomic mass is 16.2. The number of rotatable bonds is 3. The number of aromatic nitrogens is 2. The maximum Gasteiger partial charge on any atom is 0.247 e. The number of hydrogen-bond donors (Lipinski definition) is 1. The SMILES string of the molecule is CC(C)n1cc(NC(=O)[C@@H]2CCC(=O)N2C)cn1. The van der Waals surface area contributed by atoms with Gasteiger partial charge in [-0.3, -0.25) is 14.3 Å². The first kappa shape index (κ1) is 12.6. The fourth-order valence-corrected chi connectivity index (χ4v) is 2.02. The molecular weight excluding hydrogens is 232 g/mol. The topological polar surface area (TPSA) is 67.2 Å². The molecule has 1 aromatic heterocycles. The van der Waals surface area contributed by atoms with Gasteiger partial charge in [-0.25, -0.2) is 0 Å². The number of carbonyl (C=O) groups excluding carboxylic acids is 2. The van der Waals surface area contributed by atoms with Gasteiger partial charge in [0, 0.05) is 25.7 Å². The van der Waals surface area contributed by atoms with Crippen LogP contribution in [0.2, 0.25) is 0 Å². The first-order chi connectivity index (χ1) is 8.49. The van der Waals surface area contributed by atoms with E-state index in [1.54, 1.807) is 24.1 Å². The minimum Gasteiger partial charge on any atom is -0.334 e. The van der Waals surface area contributed by atoms with Crippen LogP contribution in [-0.2, 0) is 9.59 Å². The number of amides is 2. The lowest BCUT2D eigenvalue weighted by Crippen LogP contribution is -2.38. The Morgan fingerprint density at radius 3 is 2.78 bits per heavy atom. The van der Waals surface area contributed by atoms with Gasteiger partial charge >= 0.3 is 0 Å². The smallest absolute Gasteiger partial charge is 0.247 e. The first-order valence-electron chi connectivity index (χ1n) is 6.09. The molecule has 2 amide bonds. The third kappa shape index (κ3) is 2.37. The Morgan fingerprint density at radius 1 is 1.56 bits per heavy atom. The summed E-state index contributed by atoms with van der Waals surface area (Å²) in [5.41, 5.74) is 0.668. The van der Waals surface area contributed by atoms with Gasteiger partial charge in [0.15, 0.2) is 0 Å². The van der Waals surface area contributed by atoms with E-state index in [2.05, 4.69) is 10.4 Å². The van der Waals surface area contributed by atoms with Crippen LogP contribution in [0, 0.1) is 0 Å². The number of anilines is 1. The Balaban J connectivity index is 2.00. The molecule has 0 unspecified atom stereocenters. The number of likely N-dealkylation sites (tertiary alicyclic amines) is 1. The van der Waals surface area contributed by atoms with E-state index in [-0.39, 0.29) is 23.9 Å². The van der Waals surface area contributed by atoms with E-state index in [9.17, 15) is 9.59 Å². The van der Waals surface area contributed by atoms with Crippen molar-refractivity contribution in [2.45, 2.75) is 38.8 Å². The second kappa shape index (κ2) is 4.80. The van der Waals surface area contributed by atoms with Crippen LogP contribution in [0.5, 0.6) is 0 Å². The van der Waals surface area contributed by atoms with Gasteiger partial charge < -0.3 is 10.2 Å². The number of carbonyl (C=O) groups is 2. The van der Waals surface area contributed by atoms with Crippen molar-refractivity contribution in [2.75, 3.05) is 12.4 Å². The average molecular weight is 250 g/mol. The summed E-state index contributed by atoms with van der Waals surface area (Å²) in [5, 5.41) is 6.94. The maximum atomic E-state index is 12.0. The van der Waals surface area contributed by atoms with E-state index in [0.29, 0.717) is 18.5 Å². The summed E-state index contributed by atoms with van der Waals surface area (Å²) in [4.78, 5) is 24.9. The molecule has 6 nitrogen and oxygen atoms in total. The summed E-state index contributed by atoms with van der Waals surface area (Å²) >= 11 is 0. The van der Waals surface area contributed by atoms with Gasteiger partial charge in [0.1, 0.15) is 6.04 Å². The summed E-state index contributed by atoms with van der Waals surface area (Å²) < 4.78 is 1.78. The molecular formula is C12H18N4O2. The normalized spacial score (nSPS) is 19.7. The third-order valence-corrected chi connectivity index (χ3v) is 3.19. The van der Waals surface area contributed by atoms with Crippen LogP contribution >= 0.6 is 0 Å². The van der Waals surface area contributed by atoms with E-state index in [0.717, 1.165) is 0 Å². The second-order valence-corrected chi connectivity index (χ2v) is 4.85. The molecule has 0 aliphatic carbocycles. The molecule has 18 heavy (non-hydrogen) atoms. The average Bonchev–Trinajstić information content (AvgIpc) is 2.88. The molecule has 1 aliphatic heterocycles. The molecule has 1 saturated heterocycles. The first-order valence-corrected chi connectivity index (χ1v) is 6.09. The van der Waals surface area contributed by atoms with Crippen molar-refractivity contribution in [3.63, 3.8) is 0 Å². The summed E-state index contributed by atoms with van der Waals surface area (Å²) in [6.07, 6.45) is 4.44. The van der Waals surface area contributed by atoms with Crippen LogP contribution in [0.3, 0.4) is 0 Å². The molecule has 0 aromatic carbocycles. The van der Waals surface area contributed by atoms with Gasteiger partial charge in [0.2, 0.25) is 11.8 Å². The molecule has 1 aromatic rings. The van der Waals surface area contributed by atoms with Gasteiger partial charge in [-0.05, 0) is 20.3 Å². The summed E-state index contributed by atoms with van der Waals surface area (Å²) in [6, 6.07) is -0.105. The Morgan fingerprint density at radius 2 is 2.28 bits per heavy atom. The van der Waals surface area contributed by atoms with Crippen molar-refractivity contribution >= 4 is 17.5 Å². The lowest BCUT2D eigenvalue weighted by atomic mass is 10.2. The van der Waals surface area contributed by atoms with Crippen LogP contribution in [0.25, 0.3) is 0 Å². The molecule has 1 N–H and O–H groups in total. The molecule has 98 valence electrons. The van der Waals surface area contributed by atoms with E-state index in [1.165, 1.54) is 4.90 Å². The van der Waals surface area contributed by atoms with E-state index < -0.39 is 0 Å². The zero-order valence-electron chi connectivity index (χ0n) is 10.9. The molecule has 1 atom stereocenters. The Bertz CT molecular complexity index is 466. The quantitative estimate of drug-likeness (QED) is 0.871. The minimum atomic E-state index is -0.361. The van der Waals surface area contributed by atoms with Crippen molar-refractivity contribution in [1.29, 1.82) is 0 Å². The van der Waals surface area contributed by atoms with E-state index in [4.69, 9.17) is 0 Å². The highest BCUT2D eigenvalue weighted by Crippen LogP contribution is 2.18. The van der Waals surface area contributed by atoms with Gasteiger partial charge in [0.25, 0.3) is 0 Å². The third-order valence-electron chi connectivity index (χ3n) is 3.19. The lowest BCUT2D eigenvalue weighted by Gasteiger charge is -2.18. The number of hydrogen-bond acceptors (Lipinski definition) is 3. The fourth-order valence-electron chi connectivity index (χ4n) is 2.02. The largest absolute Gasteiger partial charge is 0.334 e. The predicted octanol–water partition coefficient (Wildman–Crippen LogP) is 1.02. The molecule has 2 rings (SSSR count). The monoisotopic (exact) mass is 250 g/mol. The van der Waals surface area contributed by atoms with E-state index >= 15 is 0 Å². The number of likely N-dealkylation sites (N-methyl/N-ethyl adjacent to an activating group) is 1. The Hall–Kier alpha value is -1.85. The fraction of sp³-hybridized carbons (Fsp3) is 0.583. The second-order valence-electron chi connectivity index (χ2n) is 4.85. The van der Waals surface area contributed by atoms with Crippen LogP contribution in [0.4, 0.5) is 5.69 Å². The van der Waals surface area contributed by atoms with Crippen molar-refractivity contribution < 1.29 is 9.59 Å². The summed E-state index contributed by atoms with van der Waals surface area (Å²) in [5.74, 6) is -0.125. The van der Waals surface area contributed by atoms with Gasteiger partial charge in [0.05, 0.1) is 11.9 Å². The molecule has 6 heteroatoms. The van der Waals surface area contributed by atoms with Crippen molar-refractivity contribution in [1.82, 2.24) is 14.7 Å². The number of nitrogens with zero attached hydrogens (tertiary/aromatic N) is 3. The maximum absolute atomic E-state index is 12.0. The number of nitrogens with one attached hydrogen (secondary N) is 1. The highest BCUT2D eigenvalue weighted by Gasteiger charge is 2.33. The van der Waals surface area contributed by atoms with E-state index in [1.807, 2.05) is 13.8 Å². The Kier molecular flexibility index (Phi) is 3.36. The van der Waals surface area contributed by atoms with Gasteiger partial charge in [-0.2, -0.15) is 5.10 Å². The van der Waals surface area contributed by atoms with Gasteiger partial charge in [-0.15, -0.1) is 0 Å². The summed E-state index contributed by atoms with van der Waals surface area (Å²) in [6.45, 7) is 4.03. The Labute approximate surface area is 106 Å².